The minimum absolute atomic E-state index is 0.0279. The van der Waals surface area contributed by atoms with Crippen molar-refractivity contribution in [2.24, 2.45) is 0 Å². The highest BCUT2D eigenvalue weighted by molar-refractivity contribution is 8.02. The Morgan fingerprint density at radius 1 is 1.32 bits per heavy atom. The number of sulfone groups is 1. The van der Waals surface area contributed by atoms with Crippen molar-refractivity contribution in [2.75, 3.05) is 23.8 Å². The summed E-state index contributed by atoms with van der Waals surface area (Å²) in [6, 6.07) is -0.708. The van der Waals surface area contributed by atoms with Gasteiger partial charge < -0.3 is 10.0 Å². The predicted molar refractivity (Wildman–Crippen MR) is 71.9 cm³/mol. The molecule has 2 saturated heterocycles. The number of hydrogen-bond acceptors (Lipinski definition) is 5. The Morgan fingerprint density at radius 3 is 2.63 bits per heavy atom. The summed E-state index contributed by atoms with van der Waals surface area (Å²) in [5.74, 6) is -0.657. The average Bonchev–Trinajstić information content (AvgIpc) is 2.92. The fourth-order valence-corrected chi connectivity index (χ4v) is 6.01. The van der Waals surface area contributed by atoms with Gasteiger partial charge >= 0.3 is 5.97 Å². The van der Waals surface area contributed by atoms with Gasteiger partial charge in [-0.15, -0.1) is 11.8 Å². The zero-order valence-electron chi connectivity index (χ0n) is 10.4. The number of nitrogens with zero attached hydrogens (tertiary/aromatic N) is 1. The van der Waals surface area contributed by atoms with E-state index in [4.69, 9.17) is 5.11 Å². The Labute approximate surface area is 116 Å². The standard InChI is InChI=1S/C11H17NO5S2/c13-10(12-4-1-2-9(12)11(14)15)6-18-8-3-5-19(16,17)7-8/h8-9H,1-7H2,(H,14,15)/t8?,9-/m1/s1. The minimum Gasteiger partial charge on any atom is -0.480 e. The van der Waals surface area contributed by atoms with E-state index in [1.165, 1.54) is 16.7 Å². The first-order valence-electron chi connectivity index (χ1n) is 6.23. The lowest BCUT2D eigenvalue weighted by atomic mass is 10.2. The number of hydrogen-bond donors (Lipinski definition) is 1. The smallest absolute Gasteiger partial charge is 0.326 e. The van der Waals surface area contributed by atoms with E-state index in [-0.39, 0.29) is 28.4 Å². The predicted octanol–water partition coefficient (Wildman–Crippen LogP) is -0.0177. The lowest BCUT2D eigenvalue weighted by Gasteiger charge is -2.21. The van der Waals surface area contributed by atoms with Gasteiger partial charge in [0.2, 0.25) is 5.91 Å². The van der Waals surface area contributed by atoms with Crippen LogP contribution in [0.1, 0.15) is 19.3 Å². The maximum absolute atomic E-state index is 12.0. The summed E-state index contributed by atoms with van der Waals surface area (Å²) in [4.78, 5) is 24.4. The number of rotatable bonds is 4. The molecule has 2 aliphatic rings. The summed E-state index contributed by atoms with van der Waals surface area (Å²) < 4.78 is 22.6. The number of amides is 1. The molecular weight excluding hydrogens is 290 g/mol. The van der Waals surface area contributed by atoms with E-state index in [0.29, 0.717) is 25.8 Å². The van der Waals surface area contributed by atoms with E-state index in [9.17, 15) is 18.0 Å². The molecule has 2 atom stereocenters. The Kier molecular flexibility index (Phi) is 4.39. The van der Waals surface area contributed by atoms with Crippen molar-refractivity contribution in [3.05, 3.63) is 0 Å². The summed E-state index contributed by atoms with van der Waals surface area (Å²) in [6.07, 6.45) is 1.80. The number of carbonyl (C=O) groups excluding carboxylic acids is 1. The fourth-order valence-electron chi connectivity index (χ4n) is 2.49. The Hall–Kier alpha value is -0.760. The first kappa shape index (κ1) is 14.6. The number of carbonyl (C=O) groups is 2. The number of carboxylic acid groups (broad SMARTS) is 1. The molecule has 8 heteroatoms. The van der Waals surface area contributed by atoms with Crippen LogP contribution in [0.5, 0.6) is 0 Å². The molecule has 0 radical (unpaired) electrons. The molecule has 0 aromatic carbocycles. The monoisotopic (exact) mass is 307 g/mol. The van der Waals surface area contributed by atoms with E-state index in [1.54, 1.807) is 0 Å². The van der Waals surface area contributed by atoms with Crippen LogP contribution in [0.4, 0.5) is 0 Å². The van der Waals surface area contributed by atoms with Crippen molar-refractivity contribution in [2.45, 2.75) is 30.6 Å². The molecule has 0 spiro atoms. The van der Waals surface area contributed by atoms with Gasteiger partial charge in [0.25, 0.3) is 0 Å². The van der Waals surface area contributed by atoms with E-state index in [0.717, 1.165) is 0 Å². The van der Waals surface area contributed by atoms with Crippen molar-refractivity contribution in [3.8, 4) is 0 Å². The Bertz CT molecular complexity index is 475. The normalized spacial score (nSPS) is 29.6. The molecule has 0 aromatic heterocycles. The van der Waals surface area contributed by atoms with Gasteiger partial charge in [-0.2, -0.15) is 0 Å². The van der Waals surface area contributed by atoms with Gasteiger partial charge in [-0.3, -0.25) is 4.79 Å². The van der Waals surface area contributed by atoms with Gasteiger partial charge in [-0.25, -0.2) is 13.2 Å². The summed E-state index contributed by atoms with van der Waals surface area (Å²) in [7, 11) is -2.93. The van der Waals surface area contributed by atoms with Crippen molar-refractivity contribution < 1.29 is 23.1 Å². The first-order valence-corrected chi connectivity index (χ1v) is 9.10. The maximum Gasteiger partial charge on any atom is 0.326 e. The van der Waals surface area contributed by atoms with Gasteiger partial charge in [0.05, 0.1) is 17.3 Å². The molecule has 0 bridgehead atoms. The second-order valence-electron chi connectivity index (χ2n) is 4.92. The molecule has 19 heavy (non-hydrogen) atoms. The number of likely N-dealkylation sites (tertiary alicyclic amines) is 1. The van der Waals surface area contributed by atoms with Crippen molar-refractivity contribution in [1.82, 2.24) is 4.90 Å². The number of aliphatic carboxylic acids is 1. The quantitative estimate of drug-likeness (QED) is 0.785. The molecule has 1 unspecified atom stereocenters. The van der Waals surface area contributed by atoms with Gasteiger partial charge in [0.1, 0.15) is 6.04 Å². The summed E-state index contributed by atoms with van der Waals surface area (Å²) in [5.41, 5.74) is 0. The minimum atomic E-state index is -2.93. The molecule has 6 nitrogen and oxygen atoms in total. The zero-order valence-corrected chi connectivity index (χ0v) is 12.1. The van der Waals surface area contributed by atoms with Crippen molar-refractivity contribution in [1.29, 1.82) is 0 Å². The zero-order chi connectivity index (χ0) is 14.0. The van der Waals surface area contributed by atoms with Crippen LogP contribution in [0.25, 0.3) is 0 Å². The Morgan fingerprint density at radius 2 is 2.05 bits per heavy atom. The van der Waals surface area contributed by atoms with Crippen molar-refractivity contribution >= 4 is 33.5 Å². The third-order valence-electron chi connectivity index (χ3n) is 3.49. The van der Waals surface area contributed by atoms with Gasteiger partial charge in [0.15, 0.2) is 9.84 Å². The molecule has 0 saturated carbocycles. The fraction of sp³-hybridized carbons (Fsp3) is 0.818. The van der Waals surface area contributed by atoms with Crippen LogP contribution in [0.2, 0.25) is 0 Å². The van der Waals surface area contributed by atoms with Gasteiger partial charge in [-0.1, -0.05) is 0 Å². The second-order valence-corrected chi connectivity index (χ2v) is 8.44. The highest BCUT2D eigenvalue weighted by Crippen LogP contribution is 2.26. The van der Waals surface area contributed by atoms with Crippen LogP contribution < -0.4 is 0 Å². The first-order chi connectivity index (χ1) is 8.89. The molecule has 0 aliphatic carbocycles. The van der Waals surface area contributed by atoms with E-state index < -0.39 is 21.8 Å². The van der Waals surface area contributed by atoms with Crippen molar-refractivity contribution in [3.63, 3.8) is 0 Å². The molecule has 2 aliphatic heterocycles. The molecule has 0 aromatic rings. The third-order valence-corrected chi connectivity index (χ3v) is 6.76. The highest BCUT2D eigenvalue weighted by atomic mass is 32.2. The van der Waals surface area contributed by atoms with Crippen LogP contribution in [0, 0.1) is 0 Å². The maximum atomic E-state index is 12.0. The van der Waals surface area contributed by atoms with E-state index in [1.807, 2.05) is 0 Å². The largest absolute Gasteiger partial charge is 0.480 e. The van der Waals surface area contributed by atoms with Gasteiger partial charge in [-0.05, 0) is 19.3 Å². The molecule has 1 amide bonds. The molecule has 2 heterocycles. The molecule has 108 valence electrons. The van der Waals surface area contributed by atoms with Crippen LogP contribution in [-0.4, -0.2) is 65.4 Å². The van der Waals surface area contributed by atoms with Crippen LogP contribution >= 0.6 is 11.8 Å². The Balaban J connectivity index is 1.83. The molecule has 2 fully saturated rings. The number of carboxylic acids is 1. The van der Waals surface area contributed by atoms with Crippen LogP contribution in [-0.2, 0) is 19.4 Å². The average molecular weight is 307 g/mol. The SMILES string of the molecule is O=C(O)[C@H]1CCCN1C(=O)CSC1CCS(=O)(=O)C1. The van der Waals surface area contributed by atoms with Crippen LogP contribution in [0.15, 0.2) is 0 Å². The molecule has 2 rings (SSSR count). The summed E-state index contributed by atoms with van der Waals surface area (Å²) >= 11 is 1.33. The number of thioether (sulfide) groups is 1. The summed E-state index contributed by atoms with van der Waals surface area (Å²) in [5, 5.41) is 8.97. The van der Waals surface area contributed by atoms with Gasteiger partial charge in [0, 0.05) is 11.8 Å². The second kappa shape index (κ2) is 5.70. The third kappa shape index (κ3) is 3.62. The lowest BCUT2D eigenvalue weighted by molar-refractivity contribution is -0.147. The van der Waals surface area contributed by atoms with Crippen LogP contribution in [0.3, 0.4) is 0 Å². The van der Waals surface area contributed by atoms with E-state index in [2.05, 4.69) is 0 Å². The lowest BCUT2D eigenvalue weighted by Crippen LogP contribution is -2.41. The van der Waals surface area contributed by atoms with E-state index >= 15 is 0 Å². The topological polar surface area (TPSA) is 91.8 Å². The molecule has 1 N–H and O–H groups in total. The summed E-state index contributed by atoms with van der Waals surface area (Å²) in [6.45, 7) is 0.485. The molecular formula is C11H17NO5S2. The highest BCUT2D eigenvalue weighted by Gasteiger charge is 2.35.